The van der Waals surface area contributed by atoms with Gasteiger partial charge in [-0.1, -0.05) is 66.2 Å². The number of methoxy groups -OCH3 is 1. The predicted molar refractivity (Wildman–Crippen MR) is 191 cm³/mol. The van der Waals surface area contributed by atoms with E-state index in [1.54, 1.807) is 7.11 Å². The van der Waals surface area contributed by atoms with Crippen molar-refractivity contribution in [2.45, 2.75) is 31.5 Å². The second kappa shape index (κ2) is 13.4. The SMILES string of the molecule is COc1ccc(-n2nc3c4cc(C)ccc4n(C4OC(COc5ccccc5)C(Oc5ccccc5)C4Oc4ccccc4)cc-3c2=O)cc1. The smallest absolute Gasteiger partial charge is 0.282 e. The van der Waals surface area contributed by atoms with Crippen LogP contribution in [0, 0.1) is 6.92 Å². The van der Waals surface area contributed by atoms with Crippen LogP contribution in [0.15, 0.2) is 144 Å². The zero-order valence-electron chi connectivity index (χ0n) is 27.6. The van der Waals surface area contributed by atoms with Crippen LogP contribution in [0.3, 0.4) is 0 Å². The van der Waals surface area contributed by atoms with Crippen molar-refractivity contribution in [1.29, 1.82) is 0 Å². The van der Waals surface area contributed by atoms with Crippen LogP contribution in [0.2, 0.25) is 0 Å². The summed E-state index contributed by atoms with van der Waals surface area (Å²) in [6.45, 7) is 2.23. The van der Waals surface area contributed by atoms with Crippen molar-refractivity contribution in [2.24, 2.45) is 0 Å². The molecule has 3 heterocycles. The Bertz CT molecular complexity index is 2240. The van der Waals surface area contributed by atoms with Crippen molar-refractivity contribution in [2.75, 3.05) is 13.7 Å². The Morgan fingerprint density at radius 3 is 1.98 bits per heavy atom. The van der Waals surface area contributed by atoms with Crippen LogP contribution >= 0.6 is 0 Å². The van der Waals surface area contributed by atoms with E-state index in [1.807, 2.05) is 145 Å². The summed E-state index contributed by atoms with van der Waals surface area (Å²) in [4.78, 5) is 14.1. The van der Waals surface area contributed by atoms with Gasteiger partial charge in [-0.15, -0.1) is 0 Å². The summed E-state index contributed by atoms with van der Waals surface area (Å²) in [5.41, 5.74) is 3.30. The maximum absolute atomic E-state index is 14.1. The van der Waals surface area contributed by atoms with Crippen molar-refractivity contribution in [3.63, 3.8) is 0 Å². The van der Waals surface area contributed by atoms with Crippen molar-refractivity contribution in [3.05, 3.63) is 156 Å². The number of nitrogens with zero attached hydrogens (tertiary/aromatic N) is 3. The van der Waals surface area contributed by atoms with Crippen LogP contribution in [0.1, 0.15) is 11.8 Å². The van der Waals surface area contributed by atoms with Gasteiger partial charge in [0.25, 0.3) is 5.56 Å². The Hall–Kier alpha value is -6.06. The van der Waals surface area contributed by atoms with E-state index in [0.29, 0.717) is 34.2 Å². The van der Waals surface area contributed by atoms with E-state index in [1.165, 1.54) is 4.68 Å². The van der Waals surface area contributed by atoms with Crippen LogP contribution in [-0.4, -0.2) is 46.4 Å². The van der Waals surface area contributed by atoms with Gasteiger partial charge in [0, 0.05) is 11.6 Å². The summed E-state index contributed by atoms with van der Waals surface area (Å²) < 4.78 is 35.4. The van der Waals surface area contributed by atoms with Gasteiger partial charge in [-0.3, -0.25) is 4.79 Å². The molecule has 0 bridgehead atoms. The minimum atomic E-state index is -0.716. The molecule has 3 aliphatic rings. The van der Waals surface area contributed by atoms with E-state index in [2.05, 4.69) is 6.07 Å². The molecule has 5 aromatic rings. The van der Waals surface area contributed by atoms with Crippen LogP contribution in [0.4, 0.5) is 0 Å². The molecule has 0 radical (unpaired) electrons. The summed E-state index contributed by atoms with van der Waals surface area (Å²) in [5, 5.41) is 5.66. The van der Waals surface area contributed by atoms with E-state index in [0.717, 1.165) is 22.2 Å². The fourth-order valence-electron chi connectivity index (χ4n) is 6.45. The average Bonchev–Trinajstić information content (AvgIpc) is 3.67. The second-order valence-corrected chi connectivity index (χ2v) is 12.2. The number of benzene rings is 5. The molecule has 0 spiro atoms. The number of aryl methyl sites for hydroxylation is 1. The molecule has 0 amide bonds. The first-order chi connectivity index (χ1) is 24.6. The fourth-order valence-corrected chi connectivity index (χ4v) is 6.45. The lowest BCUT2D eigenvalue weighted by Gasteiger charge is -2.28. The molecule has 0 aliphatic carbocycles. The second-order valence-electron chi connectivity index (χ2n) is 12.2. The Labute approximate surface area is 289 Å². The highest BCUT2D eigenvalue weighted by atomic mass is 16.6. The molecule has 4 atom stereocenters. The first-order valence-electron chi connectivity index (χ1n) is 16.5. The topological polar surface area (TPSA) is 86.0 Å². The number of para-hydroxylation sites is 3. The van der Waals surface area contributed by atoms with Crippen molar-refractivity contribution in [1.82, 2.24) is 14.3 Å². The number of aromatic nitrogens is 3. The third-order valence-corrected chi connectivity index (χ3v) is 8.90. The highest BCUT2D eigenvalue weighted by Gasteiger charge is 2.50. The molecular weight excluding hydrogens is 630 g/mol. The number of ether oxygens (including phenoxy) is 5. The molecule has 0 saturated carbocycles. The largest absolute Gasteiger partial charge is 0.497 e. The Morgan fingerprint density at radius 1 is 0.720 bits per heavy atom. The molecule has 8 rings (SSSR count). The van der Waals surface area contributed by atoms with Gasteiger partial charge in [0.05, 0.1) is 23.9 Å². The maximum atomic E-state index is 14.1. The van der Waals surface area contributed by atoms with Gasteiger partial charge in [-0.25, -0.2) is 0 Å². The molecule has 0 N–H and O–H groups in total. The highest BCUT2D eigenvalue weighted by molar-refractivity contribution is 5.94. The third-order valence-electron chi connectivity index (χ3n) is 8.90. The summed E-state index contributed by atoms with van der Waals surface area (Å²) >= 11 is 0. The maximum Gasteiger partial charge on any atom is 0.282 e. The molecule has 9 nitrogen and oxygen atoms in total. The van der Waals surface area contributed by atoms with Crippen molar-refractivity contribution in [3.8, 4) is 39.9 Å². The van der Waals surface area contributed by atoms with Crippen molar-refractivity contribution < 1.29 is 23.7 Å². The molecule has 3 aliphatic heterocycles. The standard InChI is InChI=1S/C41H35N3O6/c1-27-18-23-35-33(24-27)37-34(40(45)44(42-37)28-19-21-29(46-2)22-20-28)25-43(35)41-39(49-32-16-10-5-11-17-32)38(48-31-14-8-4-9-15-31)36(50-41)26-47-30-12-6-3-7-13-30/h3-25,36,38-39,41H,26H2,1-2H3. The van der Waals surface area contributed by atoms with Gasteiger partial charge < -0.3 is 28.3 Å². The third kappa shape index (κ3) is 6.03. The number of pyridine rings is 1. The number of fused-ring (bicyclic) bond motifs is 3. The Kier molecular flexibility index (Phi) is 8.40. The summed E-state index contributed by atoms with van der Waals surface area (Å²) in [6, 6.07) is 42.3. The van der Waals surface area contributed by atoms with Gasteiger partial charge in [-0.2, -0.15) is 9.78 Å². The van der Waals surface area contributed by atoms with E-state index in [4.69, 9.17) is 28.8 Å². The zero-order chi connectivity index (χ0) is 34.0. The van der Waals surface area contributed by atoms with E-state index >= 15 is 0 Å². The molecule has 5 aromatic carbocycles. The first-order valence-corrected chi connectivity index (χ1v) is 16.5. The van der Waals surface area contributed by atoms with Gasteiger partial charge in [0.15, 0.2) is 18.4 Å². The number of hydrogen-bond donors (Lipinski definition) is 0. The summed E-state index contributed by atoms with van der Waals surface area (Å²) in [5.74, 6) is 2.75. The van der Waals surface area contributed by atoms with E-state index < -0.39 is 24.5 Å². The van der Waals surface area contributed by atoms with Crippen LogP contribution in [0.25, 0.3) is 27.8 Å². The molecule has 1 saturated heterocycles. The minimum absolute atomic E-state index is 0.203. The van der Waals surface area contributed by atoms with Crippen LogP contribution in [-0.2, 0) is 4.74 Å². The number of hydrogen-bond acceptors (Lipinski definition) is 7. The highest BCUT2D eigenvalue weighted by Crippen LogP contribution is 2.40. The molecule has 250 valence electrons. The molecule has 4 unspecified atom stereocenters. The lowest BCUT2D eigenvalue weighted by Crippen LogP contribution is -2.43. The zero-order valence-corrected chi connectivity index (χ0v) is 27.6. The average molecular weight is 666 g/mol. The summed E-state index contributed by atoms with van der Waals surface area (Å²) in [7, 11) is 1.61. The van der Waals surface area contributed by atoms with Gasteiger partial charge >= 0.3 is 0 Å². The lowest BCUT2D eigenvalue weighted by atomic mass is 10.0. The lowest BCUT2D eigenvalue weighted by molar-refractivity contribution is -0.0432. The molecule has 0 aromatic heterocycles. The van der Waals surface area contributed by atoms with Crippen molar-refractivity contribution >= 4 is 10.9 Å². The Morgan fingerprint density at radius 2 is 1.34 bits per heavy atom. The monoisotopic (exact) mass is 665 g/mol. The molecular formula is C41H35N3O6. The van der Waals surface area contributed by atoms with Gasteiger partial charge in [-0.05, 0) is 79.7 Å². The Balaban J connectivity index is 1.28. The normalized spacial score (nSPS) is 18.7. The number of rotatable bonds is 10. The minimum Gasteiger partial charge on any atom is -0.497 e. The molecule has 50 heavy (non-hydrogen) atoms. The quantitative estimate of drug-likeness (QED) is 0.150. The summed E-state index contributed by atoms with van der Waals surface area (Å²) in [6.07, 6.45) is -0.684. The van der Waals surface area contributed by atoms with Crippen LogP contribution < -0.4 is 24.5 Å². The van der Waals surface area contributed by atoms with E-state index in [9.17, 15) is 4.79 Å². The fraction of sp³-hybridized carbons (Fsp3) is 0.171. The molecule has 1 fully saturated rings. The molecule has 9 heteroatoms. The van der Waals surface area contributed by atoms with E-state index in [-0.39, 0.29) is 12.2 Å². The van der Waals surface area contributed by atoms with Crippen LogP contribution in [0.5, 0.6) is 23.0 Å². The van der Waals surface area contributed by atoms with Gasteiger partial charge in [0.2, 0.25) is 0 Å². The first kappa shape index (κ1) is 31.2. The van der Waals surface area contributed by atoms with Gasteiger partial charge in [0.1, 0.15) is 41.4 Å². The predicted octanol–water partition coefficient (Wildman–Crippen LogP) is 7.48.